The molecule has 0 amide bonds. The molecule has 0 aliphatic rings. The molecule has 0 atom stereocenters. The number of nitrogens with two attached hydrogens (primary N) is 2. The molecular formula is C22H27ClN2O2+2. The normalized spacial score (nSPS) is 11.0. The fourth-order valence-electron chi connectivity index (χ4n) is 3.15. The van der Waals surface area contributed by atoms with Crippen molar-refractivity contribution in [1.29, 1.82) is 0 Å². The molecule has 0 unspecified atom stereocenters. The Bertz CT molecular complexity index is 870. The van der Waals surface area contributed by atoms with Crippen LogP contribution in [0, 0.1) is 0 Å². The average molecular weight is 387 g/mol. The van der Waals surface area contributed by atoms with Crippen molar-refractivity contribution in [1.82, 2.24) is 0 Å². The van der Waals surface area contributed by atoms with Gasteiger partial charge in [-0.25, -0.2) is 0 Å². The van der Waals surface area contributed by atoms with E-state index in [-0.39, 0.29) is 6.61 Å². The van der Waals surface area contributed by atoms with Gasteiger partial charge in [-0.3, -0.25) is 0 Å². The molecule has 0 radical (unpaired) electrons. The Kier molecular flexibility index (Phi) is 7.48. The first-order valence-electron chi connectivity index (χ1n) is 9.40. The molecule has 3 aromatic rings. The minimum Gasteiger partial charge on any atom is -0.488 e. The average Bonchev–Trinajstić information content (AvgIpc) is 2.70. The third-order valence-corrected chi connectivity index (χ3v) is 4.96. The van der Waals surface area contributed by atoms with E-state index >= 15 is 0 Å². The third kappa shape index (κ3) is 5.44. The highest BCUT2D eigenvalue weighted by Gasteiger charge is 2.12. The lowest BCUT2D eigenvalue weighted by atomic mass is 10.0. The lowest BCUT2D eigenvalue weighted by Crippen LogP contribution is -2.94. The van der Waals surface area contributed by atoms with Crippen molar-refractivity contribution in [2.75, 3.05) is 26.2 Å². The Labute approximate surface area is 165 Å². The molecule has 3 rings (SSSR count). The van der Waals surface area contributed by atoms with E-state index in [9.17, 15) is 0 Å². The van der Waals surface area contributed by atoms with Crippen LogP contribution in [0.15, 0.2) is 60.7 Å². The zero-order chi connectivity index (χ0) is 18.9. The Hall–Kier alpha value is -2.11. The zero-order valence-electron chi connectivity index (χ0n) is 15.4. The van der Waals surface area contributed by atoms with Crippen molar-refractivity contribution in [3.8, 4) is 5.75 Å². The first-order chi connectivity index (χ1) is 13.3. The smallest absolute Gasteiger partial charge is 0.129 e. The number of hydrogen-bond donors (Lipinski definition) is 3. The largest absolute Gasteiger partial charge is 0.488 e. The second-order valence-corrected chi connectivity index (χ2v) is 6.92. The first-order valence-corrected chi connectivity index (χ1v) is 9.78. The van der Waals surface area contributed by atoms with Gasteiger partial charge >= 0.3 is 0 Å². The Morgan fingerprint density at radius 2 is 1.63 bits per heavy atom. The zero-order valence-corrected chi connectivity index (χ0v) is 16.2. The summed E-state index contributed by atoms with van der Waals surface area (Å²) >= 11 is 6.26. The third-order valence-electron chi connectivity index (χ3n) is 4.60. The fraction of sp³-hybridized carbons (Fsp3) is 0.273. The van der Waals surface area contributed by atoms with Crippen LogP contribution in [0.3, 0.4) is 0 Å². The molecule has 0 spiro atoms. The monoisotopic (exact) mass is 386 g/mol. The molecule has 0 aliphatic heterocycles. The van der Waals surface area contributed by atoms with Gasteiger partial charge in [-0.15, -0.1) is 0 Å². The van der Waals surface area contributed by atoms with Crippen molar-refractivity contribution in [2.24, 2.45) is 0 Å². The predicted molar refractivity (Wildman–Crippen MR) is 109 cm³/mol. The number of aliphatic hydroxyl groups is 1. The van der Waals surface area contributed by atoms with Crippen molar-refractivity contribution < 1.29 is 20.5 Å². The highest BCUT2D eigenvalue weighted by Crippen LogP contribution is 2.28. The second-order valence-electron chi connectivity index (χ2n) is 6.51. The number of ether oxygens (including phenoxy) is 1. The quantitative estimate of drug-likeness (QED) is 0.464. The van der Waals surface area contributed by atoms with E-state index in [0.717, 1.165) is 42.5 Å². The summed E-state index contributed by atoms with van der Waals surface area (Å²) in [5.74, 6) is 0.907. The van der Waals surface area contributed by atoms with E-state index < -0.39 is 0 Å². The number of rotatable bonds is 10. The van der Waals surface area contributed by atoms with Gasteiger partial charge in [0.25, 0.3) is 0 Å². The Balaban J connectivity index is 1.74. The second kappa shape index (κ2) is 10.3. The van der Waals surface area contributed by atoms with Crippen LogP contribution in [0.5, 0.6) is 5.75 Å². The lowest BCUT2D eigenvalue weighted by Gasteiger charge is -2.14. The van der Waals surface area contributed by atoms with E-state index in [0.29, 0.717) is 6.61 Å². The van der Waals surface area contributed by atoms with Crippen LogP contribution in [0.1, 0.15) is 11.1 Å². The van der Waals surface area contributed by atoms with Gasteiger partial charge in [0.05, 0.1) is 18.7 Å². The van der Waals surface area contributed by atoms with Gasteiger partial charge in [0.15, 0.2) is 0 Å². The molecule has 3 aromatic carbocycles. The van der Waals surface area contributed by atoms with Gasteiger partial charge in [-0.2, -0.15) is 0 Å². The predicted octanol–water partition coefficient (Wildman–Crippen LogP) is 1.69. The summed E-state index contributed by atoms with van der Waals surface area (Å²) in [6.45, 7) is 4.27. The van der Waals surface area contributed by atoms with Crippen molar-refractivity contribution >= 4 is 22.4 Å². The van der Waals surface area contributed by atoms with Crippen molar-refractivity contribution in [3.05, 3.63) is 76.8 Å². The number of benzene rings is 3. The maximum atomic E-state index is 8.86. The molecule has 5 heteroatoms. The van der Waals surface area contributed by atoms with Crippen LogP contribution >= 0.6 is 11.6 Å². The number of halogens is 1. The van der Waals surface area contributed by atoms with Gasteiger partial charge in [0, 0.05) is 10.6 Å². The molecule has 0 heterocycles. The lowest BCUT2D eigenvalue weighted by molar-refractivity contribution is -0.731. The van der Waals surface area contributed by atoms with Crippen LogP contribution in [-0.2, 0) is 13.2 Å². The van der Waals surface area contributed by atoms with Crippen LogP contribution in [0.2, 0.25) is 5.02 Å². The van der Waals surface area contributed by atoms with Crippen LogP contribution in [-0.4, -0.2) is 31.3 Å². The maximum absolute atomic E-state index is 8.86. The molecule has 0 saturated carbocycles. The van der Waals surface area contributed by atoms with Crippen molar-refractivity contribution in [2.45, 2.75) is 13.2 Å². The molecule has 0 fully saturated rings. The Morgan fingerprint density at radius 3 is 2.48 bits per heavy atom. The number of fused-ring (bicyclic) bond motifs is 1. The number of hydrogen-bond acceptors (Lipinski definition) is 2. The molecule has 142 valence electrons. The minimum absolute atomic E-state index is 0.226. The van der Waals surface area contributed by atoms with Gasteiger partial charge < -0.3 is 20.5 Å². The summed E-state index contributed by atoms with van der Waals surface area (Å²) in [5.41, 5.74) is 2.20. The Morgan fingerprint density at radius 1 is 0.852 bits per heavy atom. The highest BCUT2D eigenvalue weighted by atomic mass is 35.5. The summed E-state index contributed by atoms with van der Waals surface area (Å²) in [5, 5.41) is 16.5. The molecule has 0 bridgehead atoms. The molecule has 0 aromatic heterocycles. The van der Waals surface area contributed by atoms with Gasteiger partial charge in [-0.1, -0.05) is 60.1 Å². The molecule has 5 N–H and O–H groups in total. The van der Waals surface area contributed by atoms with Gasteiger partial charge in [-0.05, 0) is 22.9 Å². The summed E-state index contributed by atoms with van der Waals surface area (Å²) in [6, 6.07) is 20.4. The van der Waals surface area contributed by atoms with E-state index in [2.05, 4.69) is 47.0 Å². The van der Waals surface area contributed by atoms with Crippen LogP contribution in [0.4, 0.5) is 0 Å². The standard InChI is InChI=1S/C22H25ClN2O2/c23-21-8-4-2-6-18(21)16-27-22-10-9-17-5-1-3-7-19(17)20(22)15-25-12-11-24-13-14-26/h1-10,24-26H,11-16H2/p+2. The summed E-state index contributed by atoms with van der Waals surface area (Å²) in [6.07, 6.45) is 0. The minimum atomic E-state index is 0.226. The fourth-order valence-corrected chi connectivity index (χ4v) is 3.34. The van der Waals surface area contributed by atoms with Gasteiger partial charge in [0.1, 0.15) is 32.0 Å². The summed E-state index contributed by atoms with van der Waals surface area (Å²) < 4.78 is 6.16. The van der Waals surface area contributed by atoms with Gasteiger partial charge in [0.2, 0.25) is 0 Å². The van der Waals surface area contributed by atoms with E-state index in [4.69, 9.17) is 21.4 Å². The van der Waals surface area contributed by atoms with E-state index in [1.807, 2.05) is 24.3 Å². The molecule has 0 saturated heterocycles. The first kappa shape index (κ1) is 19.6. The molecular weight excluding hydrogens is 360 g/mol. The van der Waals surface area contributed by atoms with Crippen LogP contribution in [0.25, 0.3) is 10.8 Å². The maximum Gasteiger partial charge on any atom is 0.129 e. The SMILES string of the molecule is OCC[NH2+]CC[NH2+]Cc1c(OCc2ccccc2Cl)ccc2ccccc12. The molecule has 4 nitrogen and oxygen atoms in total. The number of aliphatic hydroxyl groups excluding tert-OH is 1. The summed E-state index contributed by atoms with van der Waals surface area (Å²) in [4.78, 5) is 0. The van der Waals surface area contributed by atoms with Crippen molar-refractivity contribution in [3.63, 3.8) is 0 Å². The number of quaternary nitrogens is 2. The molecule has 27 heavy (non-hydrogen) atoms. The summed E-state index contributed by atoms with van der Waals surface area (Å²) in [7, 11) is 0. The van der Waals surface area contributed by atoms with E-state index in [1.165, 1.54) is 16.3 Å². The molecule has 0 aliphatic carbocycles. The highest BCUT2D eigenvalue weighted by molar-refractivity contribution is 6.31. The topological polar surface area (TPSA) is 62.7 Å². The van der Waals surface area contributed by atoms with E-state index in [1.54, 1.807) is 0 Å². The van der Waals surface area contributed by atoms with Crippen LogP contribution < -0.4 is 15.4 Å².